The lowest BCUT2D eigenvalue weighted by Gasteiger charge is -2.45. The molecule has 22 heavy (non-hydrogen) atoms. The van der Waals surface area contributed by atoms with Crippen molar-refractivity contribution in [1.29, 1.82) is 0 Å². The second-order valence-corrected chi connectivity index (χ2v) is 8.12. The second-order valence-electron chi connectivity index (χ2n) is 8.12. The van der Waals surface area contributed by atoms with Gasteiger partial charge in [0.25, 0.3) is 0 Å². The molecule has 0 spiro atoms. The lowest BCUT2D eigenvalue weighted by Crippen LogP contribution is -2.53. The van der Waals surface area contributed by atoms with Crippen molar-refractivity contribution in [3.63, 3.8) is 0 Å². The number of hydrogen-bond donors (Lipinski definition) is 2. The van der Waals surface area contributed by atoms with Gasteiger partial charge >= 0.3 is 0 Å². The third-order valence-corrected chi connectivity index (χ3v) is 6.22. The largest absolute Gasteiger partial charge is 0.353 e. The molecule has 0 radical (unpaired) electrons. The van der Waals surface area contributed by atoms with Crippen LogP contribution in [0, 0.1) is 23.7 Å². The lowest BCUT2D eigenvalue weighted by molar-refractivity contribution is -0.124. The number of hydrogen-bond acceptors (Lipinski definition) is 2. The first-order chi connectivity index (χ1) is 10.1. The summed E-state index contributed by atoms with van der Waals surface area (Å²) in [6.07, 6.45) is 12.0. The van der Waals surface area contributed by atoms with E-state index in [1.165, 1.54) is 44.9 Å². The van der Waals surface area contributed by atoms with E-state index in [9.17, 15) is 4.79 Å². The highest BCUT2D eigenvalue weighted by atomic mass is 35.5. The number of carbonyl (C=O) groups excluding carboxylic acids is 1. The highest BCUT2D eigenvalue weighted by Crippen LogP contribution is 2.40. The minimum atomic E-state index is 0. The van der Waals surface area contributed by atoms with Crippen LogP contribution in [-0.4, -0.2) is 18.0 Å². The summed E-state index contributed by atoms with van der Waals surface area (Å²) in [4.78, 5) is 12.5. The first-order valence-electron chi connectivity index (χ1n) is 9.16. The van der Waals surface area contributed by atoms with Crippen LogP contribution in [0.2, 0.25) is 0 Å². The van der Waals surface area contributed by atoms with Gasteiger partial charge in [-0.25, -0.2) is 0 Å². The summed E-state index contributed by atoms with van der Waals surface area (Å²) >= 11 is 0. The van der Waals surface area contributed by atoms with Gasteiger partial charge < -0.3 is 11.1 Å². The Balaban J connectivity index is 0.00000176. The zero-order chi connectivity index (χ0) is 14.8. The van der Waals surface area contributed by atoms with Crippen molar-refractivity contribution in [2.45, 2.75) is 83.2 Å². The SMILES string of the molecule is CC1CCCC(CC(=O)NC2C3CCCC2CC(N)C3)C1.Cl. The molecule has 3 saturated carbocycles. The zero-order valence-corrected chi connectivity index (χ0v) is 14.7. The molecule has 3 aliphatic carbocycles. The minimum Gasteiger partial charge on any atom is -0.353 e. The van der Waals surface area contributed by atoms with Gasteiger partial charge in [0, 0.05) is 18.5 Å². The third kappa shape index (κ3) is 4.38. The average molecular weight is 329 g/mol. The topological polar surface area (TPSA) is 55.1 Å². The maximum Gasteiger partial charge on any atom is 0.220 e. The number of nitrogens with one attached hydrogen (secondary N) is 1. The molecule has 3 rings (SSSR count). The second kappa shape index (κ2) is 8.01. The molecule has 3 fully saturated rings. The summed E-state index contributed by atoms with van der Waals surface area (Å²) in [6.45, 7) is 2.33. The summed E-state index contributed by atoms with van der Waals surface area (Å²) in [5, 5.41) is 3.41. The molecule has 3 nitrogen and oxygen atoms in total. The highest BCUT2D eigenvalue weighted by molar-refractivity contribution is 5.85. The van der Waals surface area contributed by atoms with E-state index < -0.39 is 0 Å². The molecule has 4 heteroatoms. The van der Waals surface area contributed by atoms with Crippen LogP contribution in [-0.2, 0) is 4.79 Å². The summed E-state index contributed by atoms with van der Waals surface area (Å²) in [6, 6.07) is 0.791. The van der Waals surface area contributed by atoms with Crippen LogP contribution in [0.25, 0.3) is 0 Å². The van der Waals surface area contributed by atoms with E-state index in [1.807, 2.05) is 0 Å². The van der Waals surface area contributed by atoms with Crippen LogP contribution in [0.5, 0.6) is 0 Å². The van der Waals surface area contributed by atoms with Gasteiger partial charge in [0.05, 0.1) is 0 Å². The molecular weight excluding hydrogens is 296 g/mol. The Morgan fingerprint density at radius 3 is 2.32 bits per heavy atom. The van der Waals surface area contributed by atoms with Crippen molar-refractivity contribution in [2.75, 3.05) is 0 Å². The van der Waals surface area contributed by atoms with Crippen molar-refractivity contribution < 1.29 is 4.79 Å². The Morgan fingerprint density at radius 1 is 1.05 bits per heavy atom. The molecule has 4 unspecified atom stereocenters. The summed E-state index contributed by atoms with van der Waals surface area (Å²) in [5.41, 5.74) is 6.17. The molecule has 1 amide bonds. The van der Waals surface area contributed by atoms with Crippen LogP contribution >= 0.6 is 12.4 Å². The van der Waals surface area contributed by atoms with E-state index in [-0.39, 0.29) is 12.4 Å². The van der Waals surface area contributed by atoms with E-state index in [0.29, 0.717) is 35.7 Å². The molecule has 0 heterocycles. The van der Waals surface area contributed by atoms with Gasteiger partial charge in [-0.2, -0.15) is 0 Å². The van der Waals surface area contributed by atoms with Crippen molar-refractivity contribution >= 4 is 18.3 Å². The molecule has 0 aromatic heterocycles. The van der Waals surface area contributed by atoms with Crippen LogP contribution in [0.15, 0.2) is 0 Å². The van der Waals surface area contributed by atoms with Crippen molar-refractivity contribution in [2.24, 2.45) is 29.4 Å². The molecule has 128 valence electrons. The Kier molecular flexibility index (Phi) is 6.58. The fraction of sp³-hybridized carbons (Fsp3) is 0.944. The maximum absolute atomic E-state index is 12.5. The van der Waals surface area contributed by atoms with Gasteiger partial charge in [-0.3, -0.25) is 4.79 Å². The lowest BCUT2D eigenvalue weighted by atomic mass is 9.67. The van der Waals surface area contributed by atoms with Gasteiger partial charge in [0.15, 0.2) is 0 Å². The van der Waals surface area contributed by atoms with Gasteiger partial charge in [-0.1, -0.05) is 26.2 Å². The van der Waals surface area contributed by atoms with Gasteiger partial charge in [-0.05, 0) is 62.2 Å². The predicted molar refractivity (Wildman–Crippen MR) is 93.0 cm³/mol. The smallest absolute Gasteiger partial charge is 0.220 e. The summed E-state index contributed by atoms with van der Waals surface area (Å²) < 4.78 is 0. The monoisotopic (exact) mass is 328 g/mol. The number of carbonyl (C=O) groups is 1. The Hall–Kier alpha value is -0.280. The molecule has 4 atom stereocenters. The Labute approximate surface area is 141 Å². The molecule has 0 aromatic rings. The number of rotatable bonds is 3. The van der Waals surface area contributed by atoms with E-state index in [0.717, 1.165) is 25.2 Å². The zero-order valence-electron chi connectivity index (χ0n) is 13.9. The maximum atomic E-state index is 12.5. The quantitative estimate of drug-likeness (QED) is 0.831. The highest BCUT2D eigenvalue weighted by Gasteiger charge is 2.40. The van der Waals surface area contributed by atoms with Gasteiger partial charge in [-0.15, -0.1) is 12.4 Å². The first-order valence-corrected chi connectivity index (χ1v) is 9.16. The molecular formula is C18H33ClN2O. The van der Waals surface area contributed by atoms with E-state index in [1.54, 1.807) is 0 Å². The van der Waals surface area contributed by atoms with Crippen LogP contribution < -0.4 is 11.1 Å². The van der Waals surface area contributed by atoms with Crippen LogP contribution in [0.3, 0.4) is 0 Å². The molecule has 3 aliphatic rings. The number of amides is 1. The Bertz CT molecular complexity index is 362. The molecule has 0 saturated heterocycles. The average Bonchev–Trinajstić information content (AvgIpc) is 2.39. The standard InChI is InChI=1S/C18H32N2O.ClH/c1-12-4-2-5-13(8-12)9-17(21)20-18-14-6-3-7-15(18)11-16(19)10-14;/h12-16,18H,2-11,19H2,1H3,(H,20,21);1H. The van der Waals surface area contributed by atoms with Crippen molar-refractivity contribution in [1.82, 2.24) is 5.32 Å². The number of halogens is 1. The number of nitrogens with two attached hydrogens (primary N) is 1. The first kappa shape index (κ1) is 18.1. The molecule has 0 aliphatic heterocycles. The fourth-order valence-electron chi connectivity index (χ4n) is 5.28. The van der Waals surface area contributed by atoms with Crippen LogP contribution in [0.4, 0.5) is 0 Å². The van der Waals surface area contributed by atoms with Crippen molar-refractivity contribution in [3.05, 3.63) is 0 Å². The van der Waals surface area contributed by atoms with E-state index >= 15 is 0 Å². The molecule has 2 bridgehead atoms. The van der Waals surface area contributed by atoms with E-state index in [2.05, 4.69) is 12.2 Å². The normalized spacial score (nSPS) is 41.4. The van der Waals surface area contributed by atoms with E-state index in [4.69, 9.17) is 5.73 Å². The molecule has 0 aromatic carbocycles. The fourth-order valence-corrected chi connectivity index (χ4v) is 5.28. The van der Waals surface area contributed by atoms with Crippen molar-refractivity contribution in [3.8, 4) is 0 Å². The summed E-state index contributed by atoms with van der Waals surface area (Å²) in [5.74, 6) is 3.03. The summed E-state index contributed by atoms with van der Waals surface area (Å²) in [7, 11) is 0. The minimum absolute atomic E-state index is 0. The van der Waals surface area contributed by atoms with Crippen LogP contribution in [0.1, 0.15) is 71.1 Å². The number of fused-ring (bicyclic) bond motifs is 2. The Morgan fingerprint density at radius 2 is 1.68 bits per heavy atom. The van der Waals surface area contributed by atoms with Gasteiger partial charge in [0.2, 0.25) is 5.91 Å². The predicted octanol–water partition coefficient (Wildman–Crippen LogP) is 3.65. The molecule has 3 N–H and O–H groups in total. The third-order valence-electron chi connectivity index (χ3n) is 6.22. The van der Waals surface area contributed by atoms with Gasteiger partial charge in [0.1, 0.15) is 0 Å².